The van der Waals surface area contributed by atoms with Gasteiger partial charge in [0.15, 0.2) is 0 Å². The lowest BCUT2D eigenvalue weighted by atomic mass is 10.4. The highest BCUT2D eigenvalue weighted by atomic mass is 35.5. The molecule has 0 aliphatic heterocycles. The Kier molecular flexibility index (Phi) is 4.73. The summed E-state index contributed by atoms with van der Waals surface area (Å²) >= 11 is 5.20. The summed E-state index contributed by atoms with van der Waals surface area (Å²) in [4.78, 5) is 0. The Morgan fingerprint density at radius 1 is 1.86 bits per heavy atom. The van der Waals surface area contributed by atoms with E-state index in [1.807, 2.05) is 0 Å². The van der Waals surface area contributed by atoms with Crippen molar-refractivity contribution in [3.05, 3.63) is 0 Å². The van der Waals surface area contributed by atoms with E-state index < -0.39 is 6.10 Å². The second-order valence-corrected chi connectivity index (χ2v) is 1.77. The van der Waals surface area contributed by atoms with Crippen molar-refractivity contribution in [2.24, 2.45) is 4.74 Å². The smallest absolute Gasteiger partial charge is 0.0873 e. The van der Waals surface area contributed by atoms with Crippen LogP contribution in [0.5, 0.6) is 0 Å². The predicted octanol–water partition coefficient (Wildman–Crippen LogP) is 0.912. The lowest BCUT2D eigenvalue weighted by Gasteiger charge is -1.97. The van der Waals surface area contributed by atoms with Crippen LogP contribution in [0.15, 0.2) is 4.74 Å². The average Bonchev–Trinajstić information content (AvgIpc) is 1.68. The molecule has 4 heteroatoms. The van der Waals surface area contributed by atoms with Crippen LogP contribution < -0.4 is 0 Å². The molecule has 1 atom stereocenters. The van der Waals surface area contributed by atoms with Crippen molar-refractivity contribution >= 4 is 20.6 Å². The average molecular weight is 140 g/mol. The first-order chi connectivity index (χ1) is 3.31. The molecular formula is C3H7ClNOP. The second kappa shape index (κ2) is 4.51. The minimum atomic E-state index is -0.501. The summed E-state index contributed by atoms with van der Waals surface area (Å²) in [6.07, 6.45) is -0.501. The number of halogens is 1. The first-order valence-corrected chi connectivity index (χ1v) is 2.86. The van der Waals surface area contributed by atoms with Crippen LogP contribution in [0.2, 0.25) is 0 Å². The summed E-state index contributed by atoms with van der Waals surface area (Å²) in [7, 11) is 2.84. The summed E-state index contributed by atoms with van der Waals surface area (Å²) < 4.78 is 3.48. The van der Waals surface area contributed by atoms with E-state index in [0.29, 0.717) is 6.54 Å². The van der Waals surface area contributed by atoms with Gasteiger partial charge in [0.25, 0.3) is 0 Å². The molecule has 0 amide bonds. The van der Waals surface area contributed by atoms with Gasteiger partial charge in [0.05, 0.1) is 18.5 Å². The van der Waals surface area contributed by atoms with Gasteiger partial charge in [-0.15, -0.1) is 11.6 Å². The topological polar surface area (TPSA) is 32.6 Å². The molecule has 0 rings (SSSR count). The normalized spacial score (nSPS) is 13.4. The van der Waals surface area contributed by atoms with Gasteiger partial charge in [0, 0.05) is 0 Å². The van der Waals surface area contributed by atoms with Gasteiger partial charge in [-0.05, 0) is 9.03 Å². The second-order valence-electron chi connectivity index (χ2n) is 1.15. The van der Waals surface area contributed by atoms with Crippen molar-refractivity contribution in [1.29, 1.82) is 0 Å². The van der Waals surface area contributed by atoms with Crippen LogP contribution >= 0.6 is 20.6 Å². The van der Waals surface area contributed by atoms with Gasteiger partial charge in [0.1, 0.15) is 0 Å². The van der Waals surface area contributed by atoms with Gasteiger partial charge in [-0.25, -0.2) is 0 Å². The Morgan fingerprint density at radius 2 is 2.43 bits per heavy atom. The molecule has 7 heavy (non-hydrogen) atoms. The highest BCUT2D eigenvalue weighted by molar-refractivity contribution is 7.03. The molecule has 0 fully saturated rings. The largest absolute Gasteiger partial charge is 0.390 e. The summed E-state index contributed by atoms with van der Waals surface area (Å²) in [5, 5.41) is 8.60. The molecule has 0 aromatic rings. The lowest BCUT2D eigenvalue weighted by molar-refractivity contribution is 0.208. The van der Waals surface area contributed by atoms with Crippen molar-refractivity contribution in [3.8, 4) is 0 Å². The molecular weight excluding hydrogens is 132 g/mol. The Bertz CT molecular complexity index is 60.9. The van der Waals surface area contributed by atoms with Crippen LogP contribution in [0.1, 0.15) is 0 Å². The van der Waals surface area contributed by atoms with E-state index in [-0.39, 0.29) is 5.88 Å². The molecule has 0 aliphatic rings. The number of rotatable bonds is 3. The molecule has 0 bridgehead atoms. The molecule has 1 N–H and O–H groups in total. The van der Waals surface area contributed by atoms with Crippen molar-refractivity contribution in [2.45, 2.75) is 6.10 Å². The van der Waals surface area contributed by atoms with E-state index in [2.05, 4.69) is 13.8 Å². The summed E-state index contributed by atoms with van der Waals surface area (Å²) in [6, 6.07) is 0. The van der Waals surface area contributed by atoms with Crippen LogP contribution in [-0.4, -0.2) is 23.6 Å². The standard InChI is InChI=1S/C3H7ClNOP/c4-1-3(6)2-5-7/h3,6-7H,1-2H2. The van der Waals surface area contributed by atoms with Crippen LogP contribution in [0, 0.1) is 0 Å². The van der Waals surface area contributed by atoms with Crippen LogP contribution in [-0.2, 0) is 0 Å². The van der Waals surface area contributed by atoms with Gasteiger partial charge < -0.3 is 5.11 Å². The molecule has 0 radical (unpaired) electrons. The highest BCUT2D eigenvalue weighted by Gasteiger charge is 1.95. The third kappa shape index (κ3) is 4.20. The van der Waals surface area contributed by atoms with Gasteiger partial charge in [-0.2, -0.15) is 0 Å². The molecule has 0 aromatic heterocycles. The van der Waals surface area contributed by atoms with Crippen molar-refractivity contribution in [1.82, 2.24) is 0 Å². The fourth-order valence-electron chi connectivity index (χ4n) is 0.154. The minimum absolute atomic E-state index is 0.244. The summed E-state index contributed by atoms with van der Waals surface area (Å²) in [5.74, 6) is 0.244. The molecule has 42 valence electrons. The monoisotopic (exact) mass is 139 g/mol. The number of hydrogen-bond donors (Lipinski definition) is 1. The number of nitrogens with zero attached hydrogens (tertiary/aromatic N) is 1. The maximum atomic E-state index is 8.60. The third-order valence-corrected chi connectivity index (χ3v) is 1.02. The van der Waals surface area contributed by atoms with Crippen molar-refractivity contribution in [3.63, 3.8) is 0 Å². The van der Waals surface area contributed by atoms with E-state index in [1.54, 1.807) is 0 Å². The molecule has 0 aromatic carbocycles. The summed E-state index contributed by atoms with van der Waals surface area (Å²) in [5.41, 5.74) is 0. The van der Waals surface area contributed by atoms with Crippen LogP contribution in [0.4, 0.5) is 0 Å². The number of hydrogen-bond acceptors (Lipinski definition) is 2. The van der Waals surface area contributed by atoms with Gasteiger partial charge in [-0.1, -0.05) is 0 Å². The maximum Gasteiger partial charge on any atom is 0.0873 e. The Balaban J connectivity index is 2.98. The predicted molar refractivity (Wildman–Crippen MR) is 32.3 cm³/mol. The Labute approximate surface area is 49.8 Å². The van der Waals surface area contributed by atoms with Crippen molar-refractivity contribution < 1.29 is 5.11 Å². The first kappa shape index (κ1) is 7.35. The van der Waals surface area contributed by atoms with Crippen LogP contribution in [0.3, 0.4) is 0 Å². The zero-order valence-electron chi connectivity index (χ0n) is 3.76. The molecule has 1 unspecified atom stereocenters. The highest BCUT2D eigenvalue weighted by Crippen LogP contribution is 1.88. The Hall–Kier alpha value is 0.350. The van der Waals surface area contributed by atoms with E-state index in [1.165, 1.54) is 0 Å². The number of aliphatic hydroxyl groups excluding tert-OH is 1. The number of alkyl halides is 1. The molecule has 2 nitrogen and oxygen atoms in total. The van der Waals surface area contributed by atoms with Crippen molar-refractivity contribution in [2.75, 3.05) is 12.4 Å². The maximum absolute atomic E-state index is 8.60. The van der Waals surface area contributed by atoms with Gasteiger partial charge in [-0.3, -0.25) is 4.74 Å². The Morgan fingerprint density at radius 3 is 2.57 bits per heavy atom. The zero-order chi connectivity index (χ0) is 5.70. The fourth-order valence-corrected chi connectivity index (χ4v) is 0.463. The van der Waals surface area contributed by atoms with E-state index in [4.69, 9.17) is 16.7 Å². The summed E-state index contributed by atoms with van der Waals surface area (Å²) in [6.45, 7) is 0.361. The lowest BCUT2D eigenvalue weighted by Crippen LogP contribution is -2.10. The molecule has 0 saturated heterocycles. The van der Waals surface area contributed by atoms with Gasteiger partial charge in [0.2, 0.25) is 0 Å². The quantitative estimate of drug-likeness (QED) is 0.458. The fraction of sp³-hybridized carbons (Fsp3) is 1.00. The molecule has 0 spiro atoms. The number of aliphatic hydroxyl groups is 1. The SMILES string of the molecule is OC(CCl)CN=P. The molecule has 0 aliphatic carbocycles. The minimum Gasteiger partial charge on any atom is -0.390 e. The van der Waals surface area contributed by atoms with Crippen LogP contribution in [0.25, 0.3) is 0 Å². The van der Waals surface area contributed by atoms with E-state index in [9.17, 15) is 0 Å². The molecule has 0 saturated carbocycles. The zero-order valence-corrected chi connectivity index (χ0v) is 5.52. The van der Waals surface area contributed by atoms with E-state index in [0.717, 1.165) is 0 Å². The third-order valence-electron chi connectivity index (χ3n) is 0.480. The van der Waals surface area contributed by atoms with Gasteiger partial charge >= 0.3 is 0 Å². The van der Waals surface area contributed by atoms with E-state index >= 15 is 0 Å². The molecule has 0 heterocycles. The first-order valence-electron chi connectivity index (χ1n) is 1.88.